The van der Waals surface area contributed by atoms with Crippen LogP contribution in [0, 0.1) is 5.82 Å². The van der Waals surface area contributed by atoms with Gasteiger partial charge < -0.3 is 20.1 Å². The van der Waals surface area contributed by atoms with Crippen LogP contribution in [-0.2, 0) is 28.0 Å². The van der Waals surface area contributed by atoms with Gasteiger partial charge >= 0.3 is 0 Å². The summed E-state index contributed by atoms with van der Waals surface area (Å²) in [6, 6.07) is 10.4. The molecule has 2 aliphatic heterocycles. The van der Waals surface area contributed by atoms with E-state index in [-0.39, 0.29) is 24.2 Å². The SMILES string of the molecule is CC(C)(C)c1nc(C(=O)NCc2ccc(-c3ncnn4cc(CCCCN5CCN(c6ccc(NC7CCC(=O)NC7=O)cn6)CC5)cc34)cc2F)no1. The molecule has 0 saturated carbocycles. The molecule has 5 aromatic rings. The molecule has 0 spiro atoms. The number of nitrogens with one attached hydrogen (secondary N) is 3. The van der Waals surface area contributed by atoms with E-state index in [1.165, 1.54) is 12.4 Å². The van der Waals surface area contributed by atoms with E-state index in [0.29, 0.717) is 35.6 Å². The topological polar surface area (TPSA) is 176 Å². The summed E-state index contributed by atoms with van der Waals surface area (Å²) in [6.07, 6.45) is 8.97. The number of carbonyl (C=O) groups excluding carboxylic acids is 3. The first-order valence-corrected chi connectivity index (χ1v) is 18.3. The van der Waals surface area contributed by atoms with Gasteiger partial charge in [0, 0.05) is 61.9 Å². The molecule has 0 radical (unpaired) electrons. The number of carbonyl (C=O) groups is 3. The number of imide groups is 1. The molecule has 7 rings (SSSR count). The van der Waals surface area contributed by atoms with E-state index in [2.05, 4.69) is 57.0 Å². The largest absolute Gasteiger partial charge is 0.372 e. The van der Waals surface area contributed by atoms with Crippen molar-refractivity contribution in [3.63, 3.8) is 0 Å². The molecule has 2 saturated heterocycles. The van der Waals surface area contributed by atoms with E-state index in [9.17, 15) is 14.4 Å². The molecule has 0 aliphatic carbocycles. The highest BCUT2D eigenvalue weighted by Crippen LogP contribution is 2.26. The van der Waals surface area contributed by atoms with Gasteiger partial charge in [-0.1, -0.05) is 38.1 Å². The number of aromatic nitrogens is 6. The number of pyridine rings is 1. The normalized spacial score (nSPS) is 16.8. The van der Waals surface area contributed by atoms with Gasteiger partial charge in [-0.3, -0.25) is 24.6 Å². The number of hydrogen-bond acceptors (Lipinski definition) is 12. The van der Waals surface area contributed by atoms with Crippen LogP contribution in [-0.4, -0.2) is 91.1 Å². The van der Waals surface area contributed by atoms with Crippen molar-refractivity contribution < 1.29 is 23.3 Å². The number of unbranched alkanes of at least 4 members (excludes halogenated alkanes) is 1. The first kappa shape index (κ1) is 36.6. The number of amides is 3. The summed E-state index contributed by atoms with van der Waals surface area (Å²) in [7, 11) is 0. The molecule has 6 heterocycles. The maximum absolute atomic E-state index is 15.2. The number of anilines is 2. The zero-order chi connectivity index (χ0) is 37.8. The molecule has 15 nitrogen and oxygen atoms in total. The first-order valence-electron chi connectivity index (χ1n) is 18.3. The average Bonchev–Trinajstić information content (AvgIpc) is 3.83. The zero-order valence-electron chi connectivity index (χ0n) is 30.6. The summed E-state index contributed by atoms with van der Waals surface area (Å²) in [5.74, 6) is -0.373. The molecule has 0 bridgehead atoms. The Balaban J connectivity index is 0.864. The van der Waals surface area contributed by atoms with Crippen LogP contribution in [0.2, 0.25) is 0 Å². The van der Waals surface area contributed by atoms with Crippen LogP contribution in [0.4, 0.5) is 15.9 Å². The minimum atomic E-state index is -0.543. The molecule has 1 atom stereocenters. The number of aryl methyl sites for hydroxylation is 1. The van der Waals surface area contributed by atoms with Crippen LogP contribution >= 0.6 is 0 Å². The van der Waals surface area contributed by atoms with Crippen molar-refractivity contribution in [1.82, 2.24) is 45.3 Å². The van der Waals surface area contributed by atoms with Crippen molar-refractivity contribution in [1.29, 1.82) is 0 Å². The highest BCUT2D eigenvalue weighted by Gasteiger charge is 2.27. The summed E-state index contributed by atoms with van der Waals surface area (Å²) >= 11 is 0. The van der Waals surface area contributed by atoms with Crippen LogP contribution in [0.15, 0.2) is 59.6 Å². The molecule has 2 fully saturated rings. The number of halogens is 1. The summed E-state index contributed by atoms with van der Waals surface area (Å²) < 4.78 is 22.2. The van der Waals surface area contributed by atoms with Gasteiger partial charge in [0.1, 0.15) is 24.0 Å². The third-order valence-corrected chi connectivity index (χ3v) is 9.71. The number of fused-ring (bicyclic) bond motifs is 1. The van der Waals surface area contributed by atoms with E-state index < -0.39 is 23.2 Å². The molecule has 1 unspecified atom stereocenters. The Morgan fingerprint density at radius 3 is 2.61 bits per heavy atom. The Morgan fingerprint density at radius 1 is 1.06 bits per heavy atom. The Hall–Kier alpha value is -5.77. The van der Waals surface area contributed by atoms with E-state index in [0.717, 1.165) is 74.6 Å². The second-order valence-corrected chi connectivity index (χ2v) is 14.8. The highest BCUT2D eigenvalue weighted by molar-refractivity contribution is 6.01. The minimum absolute atomic E-state index is 0.0346. The van der Waals surface area contributed by atoms with E-state index in [4.69, 9.17) is 4.52 Å². The van der Waals surface area contributed by atoms with Gasteiger partial charge in [-0.15, -0.1) is 0 Å². The maximum Gasteiger partial charge on any atom is 0.292 e. The second kappa shape index (κ2) is 15.7. The Morgan fingerprint density at radius 2 is 1.89 bits per heavy atom. The molecule has 16 heteroatoms. The van der Waals surface area contributed by atoms with Crippen LogP contribution in [0.25, 0.3) is 16.8 Å². The fraction of sp³-hybridized carbons (Fsp3) is 0.421. The number of piperidine rings is 1. The van der Waals surface area contributed by atoms with Gasteiger partial charge in [0.2, 0.25) is 17.7 Å². The summed E-state index contributed by atoms with van der Waals surface area (Å²) in [5, 5.41) is 16.3. The third-order valence-electron chi connectivity index (χ3n) is 9.71. The monoisotopic (exact) mass is 737 g/mol. The van der Waals surface area contributed by atoms with Gasteiger partial charge in [-0.2, -0.15) is 10.1 Å². The molecule has 1 aromatic carbocycles. The van der Waals surface area contributed by atoms with Crippen molar-refractivity contribution >= 4 is 34.7 Å². The molecule has 54 heavy (non-hydrogen) atoms. The number of hydrogen-bond donors (Lipinski definition) is 3. The lowest BCUT2D eigenvalue weighted by Crippen LogP contribution is -2.47. The first-order chi connectivity index (χ1) is 26.0. The number of piperazine rings is 1. The Labute approximate surface area is 311 Å². The van der Waals surface area contributed by atoms with Gasteiger partial charge in [-0.25, -0.2) is 18.9 Å². The predicted molar refractivity (Wildman–Crippen MR) is 198 cm³/mol. The van der Waals surface area contributed by atoms with Gasteiger partial charge in [0.05, 0.1) is 23.1 Å². The van der Waals surface area contributed by atoms with Crippen LogP contribution < -0.4 is 20.9 Å². The fourth-order valence-electron chi connectivity index (χ4n) is 6.61. The Kier molecular flexibility index (Phi) is 10.6. The maximum atomic E-state index is 15.2. The molecule has 282 valence electrons. The lowest BCUT2D eigenvalue weighted by atomic mass is 9.97. The number of rotatable bonds is 12. The summed E-state index contributed by atoms with van der Waals surface area (Å²) in [4.78, 5) is 54.0. The predicted octanol–water partition coefficient (Wildman–Crippen LogP) is 3.90. The molecule has 3 N–H and O–H groups in total. The van der Waals surface area contributed by atoms with Crippen molar-refractivity contribution in [3.8, 4) is 11.3 Å². The van der Waals surface area contributed by atoms with Gasteiger partial charge in [-0.05, 0) is 62.1 Å². The molecule has 4 aromatic heterocycles. The lowest BCUT2D eigenvalue weighted by Gasteiger charge is -2.35. The summed E-state index contributed by atoms with van der Waals surface area (Å²) in [5.41, 5.74) is 3.86. The van der Waals surface area contributed by atoms with E-state index >= 15 is 4.39 Å². The van der Waals surface area contributed by atoms with Crippen LogP contribution in [0.3, 0.4) is 0 Å². The quantitative estimate of drug-likeness (QED) is 0.125. The number of benzene rings is 1. The van der Waals surface area contributed by atoms with Crippen molar-refractivity contribution in [3.05, 3.63) is 83.8 Å². The molecule has 3 amide bonds. The molecule has 2 aliphatic rings. The van der Waals surface area contributed by atoms with Crippen molar-refractivity contribution in [2.75, 3.05) is 42.9 Å². The van der Waals surface area contributed by atoms with Gasteiger partial charge in [0.15, 0.2) is 0 Å². The smallest absolute Gasteiger partial charge is 0.292 e. The zero-order valence-corrected chi connectivity index (χ0v) is 30.6. The van der Waals surface area contributed by atoms with Gasteiger partial charge in [0.25, 0.3) is 11.7 Å². The van der Waals surface area contributed by atoms with Crippen molar-refractivity contribution in [2.24, 2.45) is 0 Å². The van der Waals surface area contributed by atoms with Crippen LogP contribution in [0.1, 0.15) is 74.1 Å². The second-order valence-electron chi connectivity index (χ2n) is 14.8. The fourth-order valence-corrected chi connectivity index (χ4v) is 6.61. The van der Waals surface area contributed by atoms with E-state index in [1.807, 2.05) is 39.1 Å². The molecular weight excluding hydrogens is 693 g/mol. The highest BCUT2D eigenvalue weighted by atomic mass is 19.1. The Bertz CT molecular complexity index is 2130. The average molecular weight is 738 g/mol. The van der Waals surface area contributed by atoms with Crippen molar-refractivity contribution in [2.45, 2.75) is 70.9 Å². The number of nitrogens with zero attached hydrogens (tertiary/aromatic N) is 8. The molecular formula is C38H44FN11O4. The lowest BCUT2D eigenvalue weighted by molar-refractivity contribution is -0.133. The standard InChI is InChI=1S/C38H44FN11O4/c1-38(2,3)37-46-34(47-54-37)36(53)41-20-26-8-7-25(19-28(26)39)33-30-18-24(22-50(30)43-23-42-33)6-4-5-13-48-14-16-49(17-15-48)31-11-9-27(21-40-31)44-29-10-12-32(51)45-35(29)52/h7-9,11,18-19,21-23,29,44H,4-6,10,12-17,20H2,1-3H3,(H,41,53)(H,45,51,52). The minimum Gasteiger partial charge on any atom is -0.372 e. The summed E-state index contributed by atoms with van der Waals surface area (Å²) in [6.45, 7) is 10.4. The third kappa shape index (κ3) is 8.54. The van der Waals surface area contributed by atoms with E-state index in [1.54, 1.807) is 22.8 Å². The van der Waals surface area contributed by atoms with Crippen LogP contribution in [0.5, 0.6) is 0 Å².